The van der Waals surface area contributed by atoms with E-state index in [9.17, 15) is 15.0 Å². The topological polar surface area (TPSA) is 76.0 Å². The molecule has 0 aromatic heterocycles. The number of ether oxygens (including phenoxy) is 2. The molecule has 3 atom stereocenters. The summed E-state index contributed by atoms with van der Waals surface area (Å²) in [5, 5.41) is 20.2. The molecule has 0 amide bonds. The summed E-state index contributed by atoms with van der Waals surface area (Å²) in [6.45, 7) is 2.54. The fourth-order valence-corrected chi connectivity index (χ4v) is 5.62. The summed E-state index contributed by atoms with van der Waals surface area (Å²) in [4.78, 5) is 10.8. The van der Waals surface area contributed by atoms with E-state index in [1.807, 2.05) is 21.6 Å². The van der Waals surface area contributed by atoms with Crippen LogP contribution >= 0.6 is 21.6 Å². The molecule has 1 rings (SSSR count). The molecule has 1 aliphatic heterocycles. The van der Waals surface area contributed by atoms with Crippen molar-refractivity contribution < 1.29 is 24.5 Å². The fraction of sp³-hybridized carbons (Fsp3) is 0.944. The predicted octanol–water partition coefficient (Wildman–Crippen LogP) is 3.91. The maximum atomic E-state index is 10.8. The first-order chi connectivity index (χ1) is 12.1. The van der Waals surface area contributed by atoms with E-state index in [4.69, 9.17) is 9.47 Å². The van der Waals surface area contributed by atoms with Crippen molar-refractivity contribution in [2.24, 2.45) is 0 Å². The van der Waals surface area contributed by atoms with Crippen LogP contribution in [0.3, 0.4) is 0 Å². The van der Waals surface area contributed by atoms with Gasteiger partial charge in [0.25, 0.3) is 0 Å². The Hall–Kier alpha value is 0.210. The number of Topliss-reactive ketones (excluding diaryl/α,β-unsaturated/α-hetero) is 1. The van der Waals surface area contributed by atoms with E-state index in [-0.39, 0.29) is 5.78 Å². The molecular weight excluding hydrogens is 360 g/mol. The van der Waals surface area contributed by atoms with Crippen LogP contribution in [0.15, 0.2) is 0 Å². The van der Waals surface area contributed by atoms with Crippen LogP contribution in [0.4, 0.5) is 0 Å². The largest absolute Gasteiger partial charge is 0.368 e. The van der Waals surface area contributed by atoms with Crippen LogP contribution in [0.1, 0.15) is 71.1 Å². The van der Waals surface area contributed by atoms with Gasteiger partial charge in [0.05, 0.1) is 0 Å². The van der Waals surface area contributed by atoms with Gasteiger partial charge in [0, 0.05) is 30.6 Å². The maximum Gasteiger partial charge on any atom is 0.154 e. The highest BCUT2D eigenvalue weighted by Crippen LogP contribution is 2.39. The lowest BCUT2D eigenvalue weighted by Gasteiger charge is -2.14. The number of rotatable bonds is 16. The van der Waals surface area contributed by atoms with Gasteiger partial charge in [0.15, 0.2) is 12.6 Å². The normalized spacial score (nSPS) is 19.9. The number of carbonyl (C=O) groups is 1. The molecule has 0 aromatic rings. The van der Waals surface area contributed by atoms with Gasteiger partial charge in [-0.15, -0.1) is 0 Å². The summed E-state index contributed by atoms with van der Waals surface area (Å²) >= 11 is 0. The molecule has 1 unspecified atom stereocenters. The number of carbonyl (C=O) groups excluding carboxylic acids is 1. The first-order valence-corrected chi connectivity index (χ1v) is 11.8. The van der Waals surface area contributed by atoms with Crippen LogP contribution in [-0.4, -0.2) is 52.8 Å². The standard InChI is InChI=1S/C18H34O5S2/c1-15(19)7-6-10-18(21)23-13-5-4-12-22-17(20)9-3-2-8-16-11-14-24-25-16/h16-18,20-21H,2-14H2,1H3/t16?,17-,18-/m1/s1. The molecule has 1 fully saturated rings. The third-order valence-electron chi connectivity index (χ3n) is 4.09. The van der Waals surface area contributed by atoms with Crippen molar-refractivity contribution in [1.82, 2.24) is 0 Å². The molecule has 0 aromatic carbocycles. The zero-order valence-electron chi connectivity index (χ0n) is 15.4. The average molecular weight is 395 g/mol. The highest BCUT2D eigenvalue weighted by molar-refractivity contribution is 8.77. The molecule has 1 aliphatic rings. The number of ketones is 1. The monoisotopic (exact) mass is 394 g/mol. The Labute approximate surface area is 160 Å². The fourth-order valence-electron chi connectivity index (χ4n) is 2.59. The first-order valence-electron chi connectivity index (χ1n) is 9.45. The highest BCUT2D eigenvalue weighted by Gasteiger charge is 2.16. The molecule has 0 bridgehead atoms. The minimum absolute atomic E-state index is 0.138. The van der Waals surface area contributed by atoms with Gasteiger partial charge in [-0.25, -0.2) is 0 Å². The van der Waals surface area contributed by atoms with Gasteiger partial charge in [-0.1, -0.05) is 28.0 Å². The van der Waals surface area contributed by atoms with Crippen LogP contribution in [0, 0.1) is 0 Å². The van der Waals surface area contributed by atoms with Crippen molar-refractivity contribution in [2.45, 2.75) is 89.0 Å². The van der Waals surface area contributed by atoms with E-state index in [0.717, 1.165) is 30.9 Å². The van der Waals surface area contributed by atoms with E-state index < -0.39 is 12.6 Å². The van der Waals surface area contributed by atoms with Gasteiger partial charge in [0.1, 0.15) is 5.78 Å². The summed E-state index contributed by atoms with van der Waals surface area (Å²) < 4.78 is 10.7. The predicted molar refractivity (Wildman–Crippen MR) is 105 cm³/mol. The van der Waals surface area contributed by atoms with Crippen molar-refractivity contribution in [3.63, 3.8) is 0 Å². The van der Waals surface area contributed by atoms with Crippen molar-refractivity contribution in [3.05, 3.63) is 0 Å². The van der Waals surface area contributed by atoms with Gasteiger partial charge in [-0.3, -0.25) is 0 Å². The summed E-state index contributed by atoms with van der Waals surface area (Å²) in [5.74, 6) is 1.42. The molecule has 5 nitrogen and oxygen atoms in total. The lowest BCUT2D eigenvalue weighted by atomic mass is 10.1. The molecule has 25 heavy (non-hydrogen) atoms. The van der Waals surface area contributed by atoms with E-state index in [1.54, 1.807) is 6.92 Å². The number of aliphatic hydroxyl groups excluding tert-OH is 2. The van der Waals surface area contributed by atoms with E-state index >= 15 is 0 Å². The van der Waals surface area contributed by atoms with Gasteiger partial charge in [-0.2, -0.15) is 0 Å². The summed E-state index contributed by atoms with van der Waals surface area (Å²) in [7, 11) is 3.98. The number of hydrogen-bond donors (Lipinski definition) is 2. The van der Waals surface area contributed by atoms with E-state index in [0.29, 0.717) is 38.9 Å². The Bertz CT molecular complexity index is 337. The lowest BCUT2D eigenvalue weighted by Crippen LogP contribution is -2.15. The van der Waals surface area contributed by atoms with Gasteiger partial charge in [-0.05, 0) is 58.3 Å². The zero-order chi connectivity index (χ0) is 18.3. The molecule has 0 aliphatic carbocycles. The van der Waals surface area contributed by atoms with Crippen molar-refractivity contribution >= 4 is 27.4 Å². The molecule has 0 saturated carbocycles. The van der Waals surface area contributed by atoms with Crippen LogP contribution < -0.4 is 0 Å². The van der Waals surface area contributed by atoms with Gasteiger partial charge in [0.2, 0.25) is 0 Å². The second kappa shape index (κ2) is 15.3. The van der Waals surface area contributed by atoms with Gasteiger partial charge >= 0.3 is 0 Å². The van der Waals surface area contributed by atoms with Crippen molar-refractivity contribution in [3.8, 4) is 0 Å². The van der Waals surface area contributed by atoms with E-state index in [2.05, 4.69) is 0 Å². The summed E-state index contributed by atoms with van der Waals surface area (Å²) in [6, 6.07) is 0. The van der Waals surface area contributed by atoms with Crippen LogP contribution in [0.25, 0.3) is 0 Å². The Morgan fingerprint density at radius 1 is 1.04 bits per heavy atom. The summed E-state index contributed by atoms with van der Waals surface area (Å²) in [5.41, 5.74) is 0. The van der Waals surface area contributed by atoms with E-state index in [1.165, 1.54) is 18.6 Å². The second-order valence-electron chi connectivity index (χ2n) is 6.57. The minimum atomic E-state index is -0.790. The average Bonchev–Trinajstić information content (AvgIpc) is 3.08. The second-order valence-corrected chi connectivity index (χ2v) is 9.35. The van der Waals surface area contributed by atoms with Crippen LogP contribution in [0.2, 0.25) is 0 Å². The Morgan fingerprint density at radius 2 is 1.68 bits per heavy atom. The number of hydrogen-bond acceptors (Lipinski definition) is 7. The molecule has 0 radical (unpaired) electrons. The van der Waals surface area contributed by atoms with Gasteiger partial charge < -0.3 is 24.5 Å². The zero-order valence-corrected chi connectivity index (χ0v) is 17.0. The number of aliphatic hydroxyl groups is 2. The lowest BCUT2D eigenvalue weighted by molar-refractivity contribution is -0.120. The Balaban J connectivity index is 1.82. The SMILES string of the molecule is CC(=O)CCC[C@H](O)OCCCCO[C@@H](O)CCCCC1CCSS1. The first kappa shape index (κ1) is 23.2. The smallest absolute Gasteiger partial charge is 0.154 e. The molecule has 1 saturated heterocycles. The van der Waals surface area contributed by atoms with Crippen LogP contribution in [0.5, 0.6) is 0 Å². The number of unbranched alkanes of at least 4 members (excludes halogenated alkanes) is 2. The molecule has 0 spiro atoms. The minimum Gasteiger partial charge on any atom is -0.368 e. The van der Waals surface area contributed by atoms with Crippen molar-refractivity contribution in [1.29, 1.82) is 0 Å². The summed E-state index contributed by atoms with van der Waals surface area (Å²) in [6.07, 6.45) is 7.22. The molecule has 148 valence electrons. The Morgan fingerprint density at radius 3 is 2.24 bits per heavy atom. The molecule has 7 heteroatoms. The quantitative estimate of drug-likeness (QED) is 0.233. The third-order valence-corrected chi connectivity index (χ3v) is 7.10. The molecule has 2 N–H and O–H groups in total. The van der Waals surface area contributed by atoms with Crippen molar-refractivity contribution in [2.75, 3.05) is 19.0 Å². The third kappa shape index (κ3) is 14.0. The van der Waals surface area contributed by atoms with Crippen LogP contribution in [-0.2, 0) is 14.3 Å². The Kier molecular flexibility index (Phi) is 14.2. The molecule has 1 heterocycles. The maximum absolute atomic E-state index is 10.8. The highest BCUT2D eigenvalue weighted by atomic mass is 33.1. The molecular formula is C18H34O5S2.